The summed E-state index contributed by atoms with van der Waals surface area (Å²) in [7, 11) is 1.59. The van der Waals surface area contributed by atoms with Gasteiger partial charge in [0.25, 0.3) is 0 Å². The van der Waals surface area contributed by atoms with Crippen molar-refractivity contribution in [1.29, 1.82) is 0 Å². The predicted molar refractivity (Wildman–Crippen MR) is 87.2 cm³/mol. The van der Waals surface area contributed by atoms with Crippen LogP contribution in [0.2, 0.25) is 5.02 Å². The van der Waals surface area contributed by atoms with E-state index >= 15 is 0 Å². The molecule has 0 aliphatic rings. The second-order valence-electron chi connectivity index (χ2n) is 6.13. The number of benzene rings is 2. The molecule has 1 unspecified atom stereocenters. The van der Waals surface area contributed by atoms with Crippen molar-refractivity contribution < 1.29 is 9.84 Å². The van der Waals surface area contributed by atoms with Crippen LogP contribution < -0.4 is 4.74 Å². The molecule has 0 aliphatic heterocycles. The van der Waals surface area contributed by atoms with Crippen LogP contribution >= 0.6 is 11.6 Å². The fourth-order valence-corrected chi connectivity index (χ4v) is 2.72. The van der Waals surface area contributed by atoms with Gasteiger partial charge in [-0.1, -0.05) is 62.7 Å². The first-order chi connectivity index (χ1) is 9.84. The maximum absolute atomic E-state index is 10.8. The standard InChI is InChI=1S/C18H21ClO2/c1-18(2,3)15-8-6-5-7-13(15)17(20)14-10-9-12(21-4)11-16(14)19/h5-11,17,20H,1-4H3. The van der Waals surface area contributed by atoms with E-state index in [-0.39, 0.29) is 5.41 Å². The Hall–Kier alpha value is -1.51. The van der Waals surface area contributed by atoms with E-state index in [0.717, 1.165) is 11.1 Å². The number of hydrogen-bond donors (Lipinski definition) is 1. The Bertz CT molecular complexity index is 629. The Morgan fingerprint density at radius 3 is 2.29 bits per heavy atom. The van der Waals surface area contributed by atoms with Crippen molar-refractivity contribution in [3.63, 3.8) is 0 Å². The molecular formula is C18H21ClO2. The first-order valence-electron chi connectivity index (χ1n) is 6.95. The van der Waals surface area contributed by atoms with Gasteiger partial charge in [0.15, 0.2) is 0 Å². The second kappa shape index (κ2) is 6.08. The first kappa shape index (κ1) is 15.9. The van der Waals surface area contributed by atoms with Gasteiger partial charge in [-0.2, -0.15) is 0 Å². The molecule has 2 nitrogen and oxygen atoms in total. The molecule has 0 heterocycles. The molecule has 0 saturated carbocycles. The average Bonchev–Trinajstić information content (AvgIpc) is 2.45. The van der Waals surface area contributed by atoms with Crippen LogP contribution in [0.1, 0.15) is 43.6 Å². The quantitative estimate of drug-likeness (QED) is 0.888. The molecule has 0 fully saturated rings. The largest absolute Gasteiger partial charge is 0.497 e. The van der Waals surface area contributed by atoms with Gasteiger partial charge >= 0.3 is 0 Å². The van der Waals surface area contributed by atoms with Crippen LogP contribution in [0, 0.1) is 0 Å². The molecule has 2 aromatic carbocycles. The van der Waals surface area contributed by atoms with E-state index in [2.05, 4.69) is 26.8 Å². The van der Waals surface area contributed by atoms with Gasteiger partial charge in [0.1, 0.15) is 11.9 Å². The Morgan fingerprint density at radius 2 is 1.71 bits per heavy atom. The highest BCUT2D eigenvalue weighted by molar-refractivity contribution is 6.31. The van der Waals surface area contributed by atoms with Crippen molar-refractivity contribution in [2.45, 2.75) is 32.3 Å². The summed E-state index contributed by atoms with van der Waals surface area (Å²) in [6.45, 7) is 6.40. The van der Waals surface area contributed by atoms with Crippen LogP contribution in [-0.2, 0) is 5.41 Å². The Balaban J connectivity index is 2.48. The molecule has 0 amide bonds. The Labute approximate surface area is 131 Å². The molecule has 112 valence electrons. The van der Waals surface area contributed by atoms with Crippen molar-refractivity contribution in [2.24, 2.45) is 0 Å². The predicted octanol–water partition coefficient (Wildman–Crippen LogP) is 4.73. The first-order valence-corrected chi connectivity index (χ1v) is 7.33. The summed E-state index contributed by atoms with van der Waals surface area (Å²) in [4.78, 5) is 0. The van der Waals surface area contributed by atoms with E-state index in [0.29, 0.717) is 16.3 Å². The molecule has 2 aromatic rings. The number of aliphatic hydroxyl groups is 1. The maximum atomic E-state index is 10.8. The van der Waals surface area contributed by atoms with Gasteiger partial charge in [-0.3, -0.25) is 0 Å². The molecule has 1 N–H and O–H groups in total. The van der Waals surface area contributed by atoms with Crippen LogP contribution in [0.3, 0.4) is 0 Å². The van der Waals surface area contributed by atoms with E-state index in [1.807, 2.05) is 30.3 Å². The number of rotatable bonds is 3. The SMILES string of the molecule is COc1ccc(C(O)c2ccccc2C(C)(C)C)c(Cl)c1. The van der Waals surface area contributed by atoms with Gasteiger partial charge < -0.3 is 9.84 Å². The molecule has 0 spiro atoms. The summed E-state index contributed by atoms with van der Waals surface area (Å²) in [5.74, 6) is 0.681. The van der Waals surface area contributed by atoms with Gasteiger partial charge in [-0.05, 0) is 28.7 Å². The molecule has 0 bridgehead atoms. The smallest absolute Gasteiger partial charge is 0.120 e. The summed E-state index contributed by atoms with van der Waals surface area (Å²) in [6, 6.07) is 13.3. The topological polar surface area (TPSA) is 29.5 Å². The minimum Gasteiger partial charge on any atom is -0.497 e. The summed E-state index contributed by atoms with van der Waals surface area (Å²) in [6.07, 6.45) is -0.751. The molecule has 0 aromatic heterocycles. The van der Waals surface area contributed by atoms with E-state index < -0.39 is 6.10 Å². The summed E-state index contributed by atoms with van der Waals surface area (Å²) in [5, 5.41) is 11.3. The number of methoxy groups -OCH3 is 1. The summed E-state index contributed by atoms with van der Waals surface area (Å²) < 4.78 is 5.15. The third-order valence-corrected chi connectivity index (χ3v) is 3.89. The fraction of sp³-hybridized carbons (Fsp3) is 0.333. The van der Waals surface area contributed by atoms with Gasteiger partial charge in [-0.25, -0.2) is 0 Å². The highest BCUT2D eigenvalue weighted by Gasteiger charge is 2.23. The minimum absolute atomic E-state index is 0.0451. The number of hydrogen-bond acceptors (Lipinski definition) is 2. The van der Waals surface area contributed by atoms with Gasteiger partial charge in [-0.15, -0.1) is 0 Å². The molecule has 0 saturated heterocycles. The molecule has 2 rings (SSSR count). The van der Waals surface area contributed by atoms with Crippen molar-refractivity contribution in [2.75, 3.05) is 7.11 Å². The van der Waals surface area contributed by atoms with Crippen LogP contribution in [0.4, 0.5) is 0 Å². The lowest BCUT2D eigenvalue weighted by atomic mass is 9.81. The summed E-state index contributed by atoms with van der Waals surface area (Å²) in [5.41, 5.74) is 2.65. The monoisotopic (exact) mass is 304 g/mol. The molecule has 21 heavy (non-hydrogen) atoms. The van der Waals surface area contributed by atoms with Gasteiger partial charge in [0, 0.05) is 5.56 Å². The highest BCUT2D eigenvalue weighted by atomic mass is 35.5. The lowest BCUT2D eigenvalue weighted by Gasteiger charge is -2.26. The van der Waals surface area contributed by atoms with Crippen molar-refractivity contribution in [3.8, 4) is 5.75 Å². The molecule has 1 atom stereocenters. The zero-order chi connectivity index (χ0) is 15.6. The molecule has 0 aliphatic carbocycles. The molecule has 3 heteroatoms. The van der Waals surface area contributed by atoms with Crippen molar-refractivity contribution in [3.05, 3.63) is 64.2 Å². The molecular weight excluding hydrogens is 284 g/mol. The Kier molecular flexibility index (Phi) is 4.60. The number of aliphatic hydroxyl groups excluding tert-OH is 1. The second-order valence-corrected chi connectivity index (χ2v) is 6.53. The van der Waals surface area contributed by atoms with Crippen molar-refractivity contribution in [1.82, 2.24) is 0 Å². The van der Waals surface area contributed by atoms with Crippen LogP contribution in [0.15, 0.2) is 42.5 Å². The number of halogens is 1. The highest BCUT2D eigenvalue weighted by Crippen LogP contribution is 2.36. The van der Waals surface area contributed by atoms with E-state index in [1.165, 1.54) is 0 Å². The fourth-order valence-electron chi connectivity index (χ4n) is 2.44. The van der Waals surface area contributed by atoms with E-state index in [4.69, 9.17) is 16.3 Å². The minimum atomic E-state index is -0.751. The lowest BCUT2D eigenvalue weighted by Crippen LogP contribution is -2.16. The third kappa shape index (κ3) is 3.39. The lowest BCUT2D eigenvalue weighted by molar-refractivity contribution is 0.217. The van der Waals surface area contributed by atoms with Crippen LogP contribution in [0.25, 0.3) is 0 Å². The Morgan fingerprint density at radius 1 is 1.05 bits per heavy atom. The number of ether oxygens (including phenoxy) is 1. The van der Waals surface area contributed by atoms with E-state index in [1.54, 1.807) is 13.2 Å². The summed E-state index contributed by atoms with van der Waals surface area (Å²) >= 11 is 6.28. The van der Waals surface area contributed by atoms with E-state index in [9.17, 15) is 5.11 Å². The zero-order valence-electron chi connectivity index (χ0n) is 12.9. The maximum Gasteiger partial charge on any atom is 0.120 e. The van der Waals surface area contributed by atoms with Crippen molar-refractivity contribution >= 4 is 11.6 Å². The van der Waals surface area contributed by atoms with Crippen LogP contribution in [0.5, 0.6) is 5.75 Å². The van der Waals surface area contributed by atoms with Crippen LogP contribution in [-0.4, -0.2) is 12.2 Å². The normalized spacial score (nSPS) is 13.0. The van der Waals surface area contributed by atoms with Gasteiger partial charge in [0.05, 0.1) is 12.1 Å². The average molecular weight is 305 g/mol. The third-order valence-electron chi connectivity index (χ3n) is 3.57. The zero-order valence-corrected chi connectivity index (χ0v) is 13.6. The van der Waals surface area contributed by atoms with Gasteiger partial charge in [0.2, 0.25) is 0 Å². The molecule has 0 radical (unpaired) electrons.